The minimum absolute atomic E-state index is 0.00590. The molecule has 13 atom stereocenters. The van der Waals surface area contributed by atoms with E-state index in [1.807, 2.05) is 0 Å². The van der Waals surface area contributed by atoms with E-state index >= 15 is 0 Å². The van der Waals surface area contributed by atoms with Gasteiger partial charge in [-0.3, -0.25) is 14.5 Å². The fourth-order valence-electron chi connectivity index (χ4n) is 11.3. The van der Waals surface area contributed by atoms with Crippen molar-refractivity contribution in [2.45, 2.75) is 82.5 Å². The Kier molecular flexibility index (Phi) is 6.05. The van der Waals surface area contributed by atoms with Crippen LogP contribution >= 0.6 is 0 Å². The number of carbonyl (C=O) groups is 2. The molecule has 1 heterocycles. The first-order valence-electron chi connectivity index (χ1n) is 14.0. The minimum atomic E-state index is -1.14. The van der Waals surface area contributed by atoms with Crippen LogP contribution in [0, 0.1) is 40.4 Å². The predicted molar refractivity (Wildman–Crippen MR) is 131 cm³/mol. The van der Waals surface area contributed by atoms with E-state index in [4.69, 9.17) is 23.7 Å². The second-order valence-corrected chi connectivity index (χ2v) is 12.7. The van der Waals surface area contributed by atoms with Crippen molar-refractivity contribution in [3.8, 4) is 0 Å². The van der Waals surface area contributed by atoms with E-state index in [0.717, 1.165) is 32.4 Å². The zero-order valence-corrected chi connectivity index (χ0v) is 23.0. The molecule has 6 fully saturated rings. The van der Waals surface area contributed by atoms with Gasteiger partial charge in [0.25, 0.3) is 0 Å². The molecule has 1 aliphatic heterocycles. The number of methoxy groups -OCH3 is 3. The average Bonchev–Trinajstić information content (AvgIpc) is 3.27. The first kappa shape index (κ1) is 26.0. The van der Waals surface area contributed by atoms with Gasteiger partial charge in [0, 0.05) is 88.7 Å². The molecule has 0 amide bonds. The maximum Gasteiger partial charge on any atom is 0.302 e. The van der Waals surface area contributed by atoms with Crippen LogP contribution in [-0.4, -0.2) is 99.0 Å². The van der Waals surface area contributed by atoms with Crippen LogP contribution in [0.15, 0.2) is 0 Å². The SMILES string of the molecule is CCN1C[C@]2(COC)CC[C@H](OC(C)=O)[C@]34C1[C@@H](C(OC)C23)[C@@]1(O)C[C@H](OC)[C@H]2C[C@@H]4[C@@H]1[C@H]2OC(C)=O. The van der Waals surface area contributed by atoms with E-state index in [1.165, 1.54) is 13.8 Å². The Labute approximate surface area is 219 Å². The van der Waals surface area contributed by atoms with Crippen LogP contribution < -0.4 is 0 Å². The van der Waals surface area contributed by atoms with E-state index < -0.39 is 17.1 Å². The van der Waals surface area contributed by atoms with Gasteiger partial charge < -0.3 is 28.8 Å². The highest BCUT2D eigenvalue weighted by molar-refractivity contribution is 5.67. The minimum Gasteiger partial charge on any atom is -0.462 e. The van der Waals surface area contributed by atoms with Gasteiger partial charge in [-0.1, -0.05) is 6.92 Å². The summed E-state index contributed by atoms with van der Waals surface area (Å²) in [5.41, 5.74) is -1.75. The summed E-state index contributed by atoms with van der Waals surface area (Å²) in [7, 11) is 5.21. The van der Waals surface area contributed by atoms with Crippen LogP contribution in [0.1, 0.15) is 46.5 Å². The van der Waals surface area contributed by atoms with Crippen molar-refractivity contribution in [2.24, 2.45) is 40.4 Å². The lowest BCUT2D eigenvalue weighted by molar-refractivity contribution is -0.276. The lowest BCUT2D eigenvalue weighted by Crippen LogP contribution is -2.76. The molecule has 1 spiro atoms. The highest BCUT2D eigenvalue weighted by Crippen LogP contribution is 2.79. The zero-order chi connectivity index (χ0) is 26.5. The standard InChI is InChI=1S/C28H43NO8/c1-7-29-12-26(13-33-4)9-8-19(36-14(2)30)28-17-10-16-18(34-5)11-27(32,20(17)22(16)37-15(3)31)21(25(28)29)23(35-6)24(26)28/h16-25,32H,7-13H2,1-6H3/t16-,17-,18+,19+,20-,21-,22+,23?,24?,25?,26+,27-,28+/m1/s1. The first-order valence-corrected chi connectivity index (χ1v) is 14.0. The van der Waals surface area contributed by atoms with Crippen molar-refractivity contribution in [1.82, 2.24) is 4.90 Å². The molecule has 3 unspecified atom stereocenters. The molecule has 5 aliphatic carbocycles. The number of nitrogens with zero attached hydrogens (tertiary/aromatic N) is 1. The molecule has 9 heteroatoms. The summed E-state index contributed by atoms with van der Waals surface area (Å²) in [5, 5.41) is 12.9. The zero-order valence-electron chi connectivity index (χ0n) is 23.0. The van der Waals surface area contributed by atoms with Gasteiger partial charge in [-0.05, 0) is 31.7 Å². The number of fused-ring (bicyclic) bond motifs is 2. The number of hydrogen-bond acceptors (Lipinski definition) is 9. The van der Waals surface area contributed by atoms with Gasteiger partial charge in [-0.2, -0.15) is 0 Å². The number of rotatable bonds is 7. The third-order valence-corrected chi connectivity index (χ3v) is 11.7. The van der Waals surface area contributed by atoms with Crippen molar-refractivity contribution in [3.05, 3.63) is 0 Å². The molecule has 0 aromatic heterocycles. The Bertz CT molecular complexity index is 960. The van der Waals surface area contributed by atoms with Gasteiger partial charge in [0.1, 0.15) is 12.2 Å². The molecule has 9 nitrogen and oxygen atoms in total. The molecule has 37 heavy (non-hydrogen) atoms. The van der Waals surface area contributed by atoms with Crippen LogP contribution in [0.5, 0.6) is 0 Å². The quantitative estimate of drug-likeness (QED) is 0.501. The number of carbonyl (C=O) groups excluding carboxylic acids is 2. The van der Waals surface area contributed by atoms with Crippen LogP contribution in [-0.2, 0) is 33.3 Å². The molecule has 1 saturated heterocycles. The van der Waals surface area contributed by atoms with Crippen LogP contribution in [0.2, 0.25) is 0 Å². The number of ether oxygens (including phenoxy) is 5. The average molecular weight is 522 g/mol. The number of likely N-dealkylation sites (tertiary alicyclic amines) is 1. The predicted octanol–water partition coefficient (Wildman–Crippen LogP) is 1.64. The van der Waals surface area contributed by atoms with Gasteiger partial charge in [0.15, 0.2) is 0 Å². The molecule has 0 radical (unpaired) electrons. The number of esters is 2. The Morgan fingerprint density at radius 1 is 1.03 bits per heavy atom. The lowest BCUT2D eigenvalue weighted by atomic mass is 9.43. The fraction of sp³-hybridized carbons (Fsp3) is 0.929. The van der Waals surface area contributed by atoms with Crippen molar-refractivity contribution >= 4 is 11.9 Å². The molecule has 0 aromatic rings. The number of aliphatic hydroxyl groups is 1. The number of piperidine rings is 1. The van der Waals surface area contributed by atoms with Gasteiger partial charge in [0.2, 0.25) is 0 Å². The molecule has 1 N–H and O–H groups in total. The summed E-state index contributed by atoms with van der Waals surface area (Å²) in [6.07, 6.45) is 1.69. The summed E-state index contributed by atoms with van der Waals surface area (Å²) in [4.78, 5) is 27.4. The Morgan fingerprint density at radius 2 is 1.76 bits per heavy atom. The van der Waals surface area contributed by atoms with Gasteiger partial charge in [-0.25, -0.2) is 0 Å². The highest BCUT2D eigenvalue weighted by Gasteiger charge is 2.87. The Balaban J connectivity index is 1.62. The molecule has 5 saturated carbocycles. The van der Waals surface area contributed by atoms with E-state index in [9.17, 15) is 14.7 Å². The van der Waals surface area contributed by atoms with E-state index in [-0.39, 0.29) is 71.3 Å². The van der Waals surface area contributed by atoms with Crippen LogP contribution in [0.25, 0.3) is 0 Å². The third-order valence-electron chi connectivity index (χ3n) is 11.7. The monoisotopic (exact) mass is 521 g/mol. The van der Waals surface area contributed by atoms with Crippen molar-refractivity contribution in [2.75, 3.05) is 41.0 Å². The summed E-state index contributed by atoms with van der Waals surface area (Å²) >= 11 is 0. The van der Waals surface area contributed by atoms with E-state index in [0.29, 0.717) is 13.0 Å². The number of hydrogen-bond donors (Lipinski definition) is 1. The molecule has 6 rings (SSSR count). The summed E-state index contributed by atoms with van der Waals surface area (Å²) in [5.74, 6) is -1.06. The first-order chi connectivity index (χ1) is 17.6. The maximum absolute atomic E-state index is 12.9. The van der Waals surface area contributed by atoms with Crippen LogP contribution in [0.4, 0.5) is 0 Å². The van der Waals surface area contributed by atoms with E-state index in [2.05, 4.69) is 11.8 Å². The largest absolute Gasteiger partial charge is 0.462 e. The molecule has 0 aromatic carbocycles. The summed E-state index contributed by atoms with van der Waals surface area (Å²) in [6.45, 7) is 7.40. The maximum atomic E-state index is 12.9. The lowest BCUT2D eigenvalue weighted by Gasteiger charge is -2.68. The molecular formula is C28H43NO8. The second kappa shape index (κ2) is 8.62. The van der Waals surface area contributed by atoms with Gasteiger partial charge in [-0.15, -0.1) is 0 Å². The van der Waals surface area contributed by atoms with Gasteiger partial charge in [0.05, 0.1) is 24.4 Å². The normalized spacial score (nSPS) is 53.2. The Morgan fingerprint density at radius 3 is 2.35 bits per heavy atom. The van der Waals surface area contributed by atoms with E-state index in [1.54, 1.807) is 21.3 Å². The summed E-state index contributed by atoms with van der Waals surface area (Å²) < 4.78 is 30.6. The smallest absolute Gasteiger partial charge is 0.302 e. The Hall–Kier alpha value is -1.26. The fourth-order valence-corrected chi connectivity index (χ4v) is 11.3. The molecule has 208 valence electrons. The topological polar surface area (TPSA) is 104 Å². The van der Waals surface area contributed by atoms with Crippen molar-refractivity contribution in [3.63, 3.8) is 0 Å². The highest BCUT2D eigenvalue weighted by atomic mass is 16.6. The van der Waals surface area contributed by atoms with Crippen LogP contribution in [0.3, 0.4) is 0 Å². The van der Waals surface area contributed by atoms with Crippen molar-refractivity contribution < 1.29 is 38.4 Å². The van der Waals surface area contributed by atoms with Crippen molar-refractivity contribution in [1.29, 1.82) is 0 Å². The molecular weight excluding hydrogens is 478 g/mol. The third kappa shape index (κ3) is 3.04. The van der Waals surface area contributed by atoms with Gasteiger partial charge >= 0.3 is 11.9 Å². The molecule has 6 aliphatic rings. The molecule has 7 bridgehead atoms. The summed E-state index contributed by atoms with van der Waals surface area (Å²) in [6, 6.07) is -0.0133. The second-order valence-electron chi connectivity index (χ2n) is 12.7.